The molecule has 9 heteroatoms. The Labute approximate surface area is 190 Å². The Morgan fingerprint density at radius 1 is 1.17 bits per heavy atom. The zero-order chi connectivity index (χ0) is 20.7. The first kappa shape index (κ1) is 19.5. The monoisotopic (exact) mass is 467 g/mol. The second-order valence-corrected chi connectivity index (χ2v) is 10.3. The van der Waals surface area contributed by atoms with Crippen molar-refractivity contribution in [3.8, 4) is 11.3 Å². The molecule has 1 saturated heterocycles. The Balaban J connectivity index is 1.32. The largest absolute Gasteiger partial charge is 0.307 e. The number of rotatable bonds is 3. The third kappa shape index (κ3) is 3.81. The summed E-state index contributed by atoms with van der Waals surface area (Å²) in [4.78, 5) is 32.0. The van der Waals surface area contributed by atoms with Crippen molar-refractivity contribution in [1.29, 1.82) is 0 Å². The molecule has 2 aromatic carbocycles. The molecule has 5 rings (SSSR count). The van der Waals surface area contributed by atoms with Crippen LogP contribution in [0.4, 0.5) is 5.13 Å². The average molecular weight is 468 g/mol. The van der Waals surface area contributed by atoms with Crippen molar-refractivity contribution in [1.82, 2.24) is 10.3 Å². The number of benzene rings is 2. The Hall–Kier alpha value is -2.46. The van der Waals surface area contributed by atoms with Gasteiger partial charge in [0.2, 0.25) is 0 Å². The van der Waals surface area contributed by atoms with Crippen LogP contribution in [-0.2, 0) is 10.5 Å². The van der Waals surface area contributed by atoms with Gasteiger partial charge < -0.3 is 5.32 Å². The Kier molecular flexibility index (Phi) is 5.20. The smallest absolute Gasteiger partial charge is 0.263 e. The topological polar surface area (TPSA) is 71.1 Å². The van der Waals surface area contributed by atoms with Crippen LogP contribution in [0.25, 0.3) is 17.3 Å². The lowest BCUT2D eigenvalue weighted by Crippen LogP contribution is -2.17. The molecule has 2 N–H and O–H groups in total. The fourth-order valence-electron chi connectivity index (χ4n) is 3.12. The number of nitrogens with one attached hydrogen (secondary N) is 2. The van der Waals surface area contributed by atoms with Crippen LogP contribution in [0.5, 0.6) is 0 Å². The fourth-order valence-corrected chi connectivity index (χ4v) is 6.26. The van der Waals surface area contributed by atoms with E-state index in [2.05, 4.69) is 27.8 Å². The second kappa shape index (κ2) is 7.99. The number of anilines is 1. The Morgan fingerprint density at radius 2 is 1.97 bits per heavy atom. The van der Waals surface area contributed by atoms with E-state index in [0.29, 0.717) is 19.9 Å². The van der Waals surface area contributed by atoms with E-state index >= 15 is 0 Å². The highest BCUT2D eigenvalue weighted by Crippen LogP contribution is 2.44. The molecule has 2 aliphatic heterocycles. The van der Waals surface area contributed by atoms with Gasteiger partial charge in [-0.3, -0.25) is 14.9 Å². The summed E-state index contributed by atoms with van der Waals surface area (Å²) in [7, 11) is 0. The molecule has 2 amide bonds. The normalized spacial score (nSPS) is 16.2. The van der Waals surface area contributed by atoms with Crippen molar-refractivity contribution in [2.24, 2.45) is 0 Å². The highest BCUT2D eigenvalue weighted by atomic mass is 32.2. The van der Waals surface area contributed by atoms with Gasteiger partial charge in [0.05, 0.1) is 10.6 Å². The van der Waals surface area contributed by atoms with Crippen molar-refractivity contribution in [2.75, 3.05) is 5.32 Å². The highest BCUT2D eigenvalue weighted by molar-refractivity contribution is 8.26. The Morgan fingerprint density at radius 3 is 2.73 bits per heavy atom. The number of aromatic nitrogens is 1. The number of fused-ring (bicyclic) bond motifs is 3. The summed E-state index contributed by atoms with van der Waals surface area (Å²) in [5.41, 5.74) is 3.43. The molecule has 1 fully saturated rings. The maximum absolute atomic E-state index is 12.7. The quantitative estimate of drug-likeness (QED) is 0.410. The Bertz CT molecular complexity index is 1230. The standard InChI is InChI=1S/C21H13N3O2S4/c25-18(12-7-5-11(6-8-12)9-15-19(26)24-21(27)30-15)23-20-22-17-13-3-1-2-4-14(13)28-10-16(17)29-20/h1-9H,10H2,(H,22,23,25)(H,24,26,27)/b15-9-. The number of thioether (sulfide) groups is 2. The molecule has 5 nitrogen and oxygen atoms in total. The lowest BCUT2D eigenvalue weighted by Gasteiger charge is -2.13. The summed E-state index contributed by atoms with van der Waals surface area (Å²) in [6.45, 7) is 0. The third-order valence-electron chi connectivity index (χ3n) is 4.53. The molecule has 0 bridgehead atoms. The first-order valence-electron chi connectivity index (χ1n) is 8.95. The fraction of sp³-hybridized carbons (Fsp3) is 0.0476. The minimum absolute atomic E-state index is 0.195. The van der Waals surface area contributed by atoms with E-state index in [1.54, 1.807) is 42.1 Å². The molecule has 0 spiro atoms. The van der Waals surface area contributed by atoms with Gasteiger partial charge in [-0.1, -0.05) is 54.3 Å². The van der Waals surface area contributed by atoms with Crippen molar-refractivity contribution in [3.05, 3.63) is 69.4 Å². The maximum Gasteiger partial charge on any atom is 0.263 e. The minimum Gasteiger partial charge on any atom is -0.307 e. The van der Waals surface area contributed by atoms with Gasteiger partial charge in [0.25, 0.3) is 11.8 Å². The van der Waals surface area contributed by atoms with Crippen LogP contribution in [-0.4, -0.2) is 21.1 Å². The van der Waals surface area contributed by atoms with Crippen LogP contribution >= 0.6 is 47.1 Å². The van der Waals surface area contributed by atoms with E-state index in [1.165, 1.54) is 32.9 Å². The van der Waals surface area contributed by atoms with E-state index < -0.39 is 0 Å². The summed E-state index contributed by atoms with van der Waals surface area (Å²) in [5, 5.41) is 6.09. The van der Waals surface area contributed by atoms with Crippen molar-refractivity contribution in [2.45, 2.75) is 10.6 Å². The van der Waals surface area contributed by atoms with Crippen LogP contribution in [0, 0.1) is 0 Å². The number of carbonyl (C=O) groups is 2. The molecular weight excluding hydrogens is 455 g/mol. The van der Waals surface area contributed by atoms with E-state index in [-0.39, 0.29) is 11.8 Å². The first-order chi connectivity index (χ1) is 14.6. The van der Waals surface area contributed by atoms with E-state index in [1.807, 2.05) is 12.1 Å². The summed E-state index contributed by atoms with van der Waals surface area (Å²) in [6, 6.07) is 15.3. The summed E-state index contributed by atoms with van der Waals surface area (Å²) in [5.74, 6) is 0.452. The molecule has 0 unspecified atom stereocenters. The van der Waals surface area contributed by atoms with Crippen molar-refractivity contribution < 1.29 is 9.59 Å². The number of hydrogen-bond donors (Lipinski definition) is 2. The molecule has 30 heavy (non-hydrogen) atoms. The van der Waals surface area contributed by atoms with Gasteiger partial charge in [-0.05, 0) is 29.8 Å². The van der Waals surface area contributed by atoms with E-state index in [4.69, 9.17) is 12.2 Å². The molecule has 0 radical (unpaired) electrons. The average Bonchev–Trinajstić information content (AvgIpc) is 3.30. The molecule has 0 atom stereocenters. The van der Waals surface area contributed by atoms with E-state index in [9.17, 15) is 9.59 Å². The summed E-state index contributed by atoms with van der Waals surface area (Å²) < 4.78 is 0.453. The SMILES string of the molecule is O=C1NC(=S)S/C1=C\c1ccc(C(=O)Nc2nc3c(s2)CSc2ccccc2-3)cc1. The van der Waals surface area contributed by atoms with Gasteiger partial charge in [0.15, 0.2) is 5.13 Å². The van der Waals surface area contributed by atoms with Crippen LogP contribution in [0.15, 0.2) is 58.3 Å². The first-order valence-corrected chi connectivity index (χ1v) is 12.0. The van der Waals surface area contributed by atoms with Crippen LogP contribution in [0.2, 0.25) is 0 Å². The number of thiocarbonyl (C=S) groups is 1. The molecule has 148 valence electrons. The number of thiazole rings is 1. The van der Waals surface area contributed by atoms with Gasteiger partial charge in [-0.25, -0.2) is 4.98 Å². The summed E-state index contributed by atoms with van der Waals surface area (Å²) >= 11 is 9.53. The van der Waals surface area contributed by atoms with Crippen molar-refractivity contribution >= 4 is 74.4 Å². The lowest BCUT2D eigenvalue weighted by molar-refractivity contribution is -0.115. The summed E-state index contributed by atoms with van der Waals surface area (Å²) in [6.07, 6.45) is 1.75. The highest BCUT2D eigenvalue weighted by Gasteiger charge is 2.23. The molecule has 0 saturated carbocycles. The molecular formula is C21H13N3O2S4. The lowest BCUT2D eigenvalue weighted by atomic mass is 10.1. The van der Waals surface area contributed by atoms with Gasteiger partial charge in [-0.15, -0.1) is 23.1 Å². The van der Waals surface area contributed by atoms with Crippen LogP contribution in [0.1, 0.15) is 20.8 Å². The number of nitrogens with zero attached hydrogens (tertiary/aromatic N) is 1. The molecule has 1 aromatic heterocycles. The molecule has 3 aromatic rings. The molecule has 3 heterocycles. The third-order valence-corrected chi connectivity index (χ3v) is 7.95. The van der Waals surface area contributed by atoms with Crippen LogP contribution in [0.3, 0.4) is 0 Å². The number of carbonyl (C=O) groups excluding carboxylic acids is 2. The zero-order valence-electron chi connectivity index (χ0n) is 15.3. The maximum atomic E-state index is 12.7. The molecule has 2 aliphatic rings. The van der Waals surface area contributed by atoms with E-state index in [0.717, 1.165) is 22.6 Å². The van der Waals surface area contributed by atoms with Gasteiger partial charge >= 0.3 is 0 Å². The van der Waals surface area contributed by atoms with Gasteiger partial charge in [-0.2, -0.15) is 0 Å². The van der Waals surface area contributed by atoms with Gasteiger partial charge in [0.1, 0.15) is 4.32 Å². The number of hydrogen-bond acceptors (Lipinski definition) is 7. The van der Waals surface area contributed by atoms with Gasteiger partial charge in [0, 0.05) is 26.7 Å². The predicted octanol–water partition coefficient (Wildman–Crippen LogP) is 5.16. The zero-order valence-corrected chi connectivity index (χ0v) is 18.6. The molecule has 0 aliphatic carbocycles. The number of amides is 2. The second-order valence-electron chi connectivity index (χ2n) is 6.50. The minimum atomic E-state index is -0.213. The van der Waals surface area contributed by atoms with Crippen molar-refractivity contribution in [3.63, 3.8) is 0 Å². The predicted molar refractivity (Wildman–Crippen MR) is 128 cm³/mol. The van der Waals surface area contributed by atoms with Crippen LogP contribution < -0.4 is 10.6 Å².